The number of nitrogens with two attached hydrogens (primary N) is 1. The lowest BCUT2D eigenvalue weighted by Crippen LogP contribution is -2.44. The zero-order valence-corrected chi connectivity index (χ0v) is 28.5. The number of anilines is 2. The van der Waals surface area contributed by atoms with Crippen LogP contribution in [0.25, 0.3) is 0 Å². The number of benzene rings is 2. The molecule has 0 spiro atoms. The number of nitrogens with one attached hydrogen (secondary N) is 5. The van der Waals surface area contributed by atoms with Crippen molar-refractivity contribution in [3.8, 4) is 0 Å². The Hall–Kier alpha value is -5.85. The SMILES string of the molecule is CC.NNC(=O)c1cnc(NC2(c3ccc(F)cc3F)CCC2)nc1.O=C(NNC(=O)C(F)F)c1cnc(NC2(c3ccc(F)cc3F)CCC2)nc1. The first-order valence-corrected chi connectivity index (χ1v) is 16.4. The molecule has 0 aliphatic heterocycles. The van der Waals surface area contributed by atoms with Crippen LogP contribution in [0.15, 0.2) is 61.2 Å². The molecule has 0 unspecified atom stereocenters. The van der Waals surface area contributed by atoms with Crippen LogP contribution in [0, 0.1) is 23.3 Å². The van der Waals surface area contributed by atoms with Gasteiger partial charge >= 0.3 is 12.3 Å². The highest BCUT2D eigenvalue weighted by Gasteiger charge is 2.42. The highest BCUT2D eigenvalue weighted by Crippen LogP contribution is 2.45. The van der Waals surface area contributed by atoms with E-state index in [9.17, 15) is 40.7 Å². The first-order valence-electron chi connectivity index (χ1n) is 16.4. The lowest BCUT2D eigenvalue weighted by Gasteiger charge is -2.43. The number of hydrogen-bond acceptors (Lipinski definition) is 10. The van der Waals surface area contributed by atoms with Crippen molar-refractivity contribution in [2.24, 2.45) is 5.84 Å². The van der Waals surface area contributed by atoms with Gasteiger partial charge in [0.25, 0.3) is 11.8 Å². The molecule has 0 radical (unpaired) electrons. The first-order chi connectivity index (χ1) is 25.3. The third kappa shape index (κ3) is 9.53. The number of carbonyl (C=O) groups is 3. The van der Waals surface area contributed by atoms with E-state index in [1.54, 1.807) is 10.9 Å². The van der Waals surface area contributed by atoms with Crippen molar-refractivity contribution < 1.29 is 40.7 Å². The van der Waals surface area contributed by atoms with Gasteiger partial charge in [-0.3, -0.25) is 30.7 Å². The van der Waals surface area contributed by atoms with Gasteiger partial charge in [-0.1, -0.05) is 26.0 Å². The Morgan fingerprint density at radius 2 is 1.06 bits per heavy atom. The third-order valence-electron chi connectivity index (χ3n) is 8.47. The van der Waals surface area contributed by atoms with E-state index in [1.807, 2.05) is 19.3 Å². The molecule has 282 valence electrons. The Kier molecular flexibility index (Phi) is 13.2. The number of aromatic nitrogens is 4. The van der Waals surface area contributed by atoms with Gasteiger partial charge in [-0.15, -0.1) is 0 Å². The van der Waals surface area contributed by atoms with E-state index in [1.165, 1.54) is 36.7 Å². The largest absolute Gasteiger partial charge is 0.345 e. The van der Waals surface area contributed by atoms with E-state index >= 15 is 0 Å². The maximum Gasteiger partial charge on any atom is 0.317 e. The average Bonchev–Trinajstić information content (AvgIpc) is 3.12. The van der Waals surface area contributed by atoms with Crippen LogP contribution in [0.4, 0.5) is 38.2 Å². The topological polar surface area (TPSA) is 189 Å². The molecule has 2 aliphatic rings. The molecule has 0 bridgehead atoms. The summed E-state index contributed by atoms with van der Waals surface area (Å²) in [6.07, 6.45) is 5.89. The molecule has 2 heterocycles. The van der Waals surface area contributed by atoms with Crippen LogP contribution in [-0.2, 0) is 15.9 Å². The zero-order chi connectivity index (χ0) is 38.8. The van der Waals surface area contributed by atoms with Gasteiger partial charge < -0.3 is 10.6 Å². The molecule has 0 saturated heterocycles. The Balaban J connectivity index is 0.000000230. The summed E-state index contributed by atoms with van der Waals surface area (Å²) in [6.45, 7) is 4.00. The fourth-order valence-corrected chi connectivity index (χ4v) is 5.52. The molecule has 0 atom stereocenters. The Labute approximate surface area is 299 Å². The molecule has 7 N–H and O–H groups in total. The minimum atomic E-state index is -3.27. The van der Waals surface area contributed by atoms with Crippen molar-refractivity contribution >= 4 is 29.6 Å². The van der Waals surface area contributed by atoms with Gasteiger partial charge in [0.2, 0.25) is 11.9 Å². The van der Waals surface area contributed by atoms with E-state index in [-0.39, 0.29) is 23.0 Å². The van der Waals surface area contributed by atoms with E-state index in [2.05, 4.69) is 30.6 Å². The normalized spacial score (nSPS) is 14.8. The van der Waals surface area contributed by atoms with Crippen LogP contribution in [0.3, 0.4) is 0 Å². The molecule has 4 aromatic rings. The maximum atomic E-state index is 14.2. The van der Waals surface area contributed by atoms with Gasteiger partial charge in [0.05, 0.1) is 22.2 Å². The number of nitrogen functional groups attached to an aromatic ring is 1. The number of nitrogens with zero attached hydrogens (tertiary/aromatic N) is 4. The van der Waals surface area contributed by atoms with Crippen LogP contribution >= 0.6 is 0 Å². The van der Waals surface area contributed by atoms with Gasteiger partial charge in [0.1, 0.15) is 23.3 Å². The molecule has 2 aromatic heterocycles. The number of hydrogen-bond donors (Lipinski definition) is 6. The number of rotatable bonds is 9. The van der Waals surface area contributed by atoms with E-state index in [0.29, 0.717) is 36.8 Å². The Morgan fingerprint density at radius 1 is 0.660 bits per heavy atom. The van der Waals surface area contributed by atoms with Crippen LogP contribution in [0.5, 0.6) is 0 Å². The molecule has 19 heteroatoms. The van der Waals surface area contributed by atoms with Crippen LogP contribution in [-0.4, -0.2) is 44.1 Å². The van der Waals surface area contributed by atoms with Gasteiger partial charge in [-0.25, -0.2) is 43.3 Å². The van der Waals surface area contributed by atoms with Crippen LogP contribution in [0.1, 0.15) is 84.2 Å². The fraction of sp³-hybridized carbons (Fsp3) is 0.324. The monoisotopic (exact) mass is 746 g/mol. The van der Waals surface area contributed by atoms with Gasteiger partial charge in [0, 0.05) is 48.0 Å². The molecule has 3 amide bonds. The predicted octanol–water partition coefficient (Wildman–Crippen LogP) is 5.15. The summed E-state index contributed by atoms with van der Waals surface area (Å²) in [6, 6.07) is 6.88. The highest BCUT2D eigenvalue weighted by atomic mass is 19.3. The molecule has 6 rings (SSSR count). The predicted molar refractivity (Wildman–Crippen MR) is 180 cm³/mol. The second kappa shape index (κ2) is 17.6. The zero-order valence-electron chi connectivity index (χ0n) is 28.5. The van der Waals surface area contributed by atoms with Gasteiger partial charge in [-0.2, -0.15) is 8.78 Å². The quantitative estimate of drug-likeness (QED) is 0.0579. The van der Waals surface area contributed by atoms with Crippen molar-refractivity contribution in [3.05, 3.63) is 107 Å². The molecular weight excluding hydrogens is 710 g/mol. The van der Waals surface area contributed by atoms with Gasteiger partial charge in [-0.05, 0) is 50.7 Å². The summed E-state index contributed by atoms with van der Waals surface area (Å²) in [5.41, 5.74) is 4.71. The number of amides is 3. The van der Waals surface area contributed by atoms with Crippen LogP contribution in [0.2, 0.25) is 0 Å². The average molecular weight is 747 g/mol. The molecule has 2 saturated carbocycles. The van der Waals surface area contributed by atoms with Crippen molar-refractivity contribution in [2.45, 2.75) is 69.9 Å². The number of carbonyl (C=O) groups excluding carboxylic acids is 3. The molecular formula is C34H36F6N10O3. The summed E-state index contributed by atoms with van der Waals surface area (Å²) in [5, 5.41) is 6.12. The fourth-order valence-electron chi connectivity index (χ4n) is 5.52. The van der Waals surface area contributed by atoms with E-state index in [0.717, 1.165) is 37.4 Å². The standard InChI is InChI=1S/C17H15F4N5O2.C15H15F2N5O.C2H6/c18-10-2-3-11(12(19)6-10)17(4-1-5-17)24-16-22-7-9(8-23-16)14(27)25-26-15(28)13(20)21;16-10-2-3-11(12(17)6-10)15(4-1-5-15)21-14-19-7-9(8-20-14)13(23)22-18;1-2/h2-3,6-8,13H,1,4-5H2,(H,25,27)(H,26,28)(H,22,23,24);2-3,6-8H,1,4-5,18H2,(H,22,23)(H,19,20,21);1-2H3. The minimum absolute atomic E-state index is 0.0873. The van der Waals surface area contributed by atoms with Crippen molar-refractivity contribution in [3.63, 3.8) is 0 Å². The molecule has 2 aromatic carbocycles. The first kappa shape index (κ1) is 39.9. The summed E-state index contributed by atoms with van der Waals surface area (Å²) in [4.78, 5) is 49.9. The van der Waals surface area contributed by atoms with E-state index < -0.39 is 58.5 Å². The lowest BCUT2D eigenvalue weighted by atomic mass is 9.71. The third-order valence-corrected chi connectivity index (χ3v) is 8.47. The number of hydrazine groups is 2. The van der Waals surface area contributed by atoms with Crippen molar-refractivity contribution in [1.29, 1.82) is 0 Å². The smallest absolute Gasteiger partial charge is 0.317 e. The second-order valence-electron chi connectivity index (χ2n) is 11.7. The summed E-state index contributed by atoms with van der Waals surface area (Å²) < 4.78 is 78.7. The summed E-state index contributed by atoms with van der Waals surface area (Å²) in [7, 11) is 0. The lowest BCUT2D eigenvalue weighted by molar-refractivity contribution is -0.132. The van der Waals surface area contributed by atoms with Crippen molar-refractivity contribution in [1.82, 2.24) is 36.2 Å². The number of halogens is 6. The van der Waals surface area contributed by atoms with Crippen LogP contribution < -0.4 is 32.8 Å². The number of alkyl halides is 2. The van der Waals surface area contributed by atoms with E-state index in [4.69, 9.17) is 5.84 Å². The highest BCUT2D eigenvalue weighted by molar-refractivity contribution is 5.95. The Bertz CT molecular complexity index is 1890. The van der Waals surface area contributed by atoms with Gasteiger partial charge in [0.15, 0.2) is 0 Å². The minimum Gasteiger partial charge on any atom is -0.345 e. The molecule has 2 aliphatic carbocycles. The Morgan fingerprint density at radius 3 is 1.38 bits per heavy atom. The summed E-state index contributed by atoms with van der Waals surface area (Å²) >= 11 is 0. The molecule has 13 nitrogen and oxygen atoms in total. The molecule has 2 fully saturated rings. The summed E-state index contributed by atoms with van der Waals surface area (Å²) in [5.74, 6) is -0.207. The maximum absolute atomic E-state index is 14.2. The second-order valence-corrected chi connectivity index (χ2v) is 11.7. The molecule has 53 heavy (non-hydrogen) atoms. The van der Waals surface area contributed by atoms with Crippen molar-refractivity contribution in [2.75, 3.05) is 10.6 Å².